The Bertz CT molecular complexity index is 967. The van der Waals surface area contributed by atoms with Crippen LogP contribution in [0.15, 0.2) is 36.4 Å². The highest BCUT2D eigenvalue weighted by atomic mass is 35.5. The molecule has 0 saturated carbocycles. The molecule has 0 aliphatic carbocycles. The van der Waals surface area contributed by atoms with Crippen LogP contribution in [-0.4, -0.2) is 26.8 Å². The van der Waals surface area contributed by atoms with Gasteiger partial charge in [0.15, 0.2) is 0 Å². The molecule has 2 aromatic carbocycles. The van der Waals surface area contributed by atoms with Gasteiger partial charge in [-0.25, -0.2) is 4.68 Å². The van der Waals surface area contributed by atoms with Crippen LogP contribution in [-0.2, 0) is 11.3 Å². The van der Waals surface area contributed by atoms with Crippen LogP contribution >= 0.6 is 11.6 Å². The SMILES string of the molecule is CCn1nnc2cc(C(=O)Nc3ccc(Cl)c(NC(C)=O)c3)ccc21. The first-order valence-corrected chi connectivity index (χ1v) is 8.07. The van der Waals surface area contributed by atoms with Crippen LogP contribution in [0.5, 0.6) is 0 Å². The first-order chi connectivity index (χ1) is 12.0. The molecule has 0 fully saturated rings. The Labute approximate surface area is 149 Å². The number of benzene rings is 2. The third kappa shape index (κ3) is 3.61. The molecule has 0 bridgehead atoms. The Hall–Kier alpha value is -2.93. The molecule has 2 amide bonds. The molecule has 3 rings (SSSR count). The molecule has 0 spiro atoms. The van der Waals surface area contributed by atoms with Gasteiger partial charge in [0.05, 0.1) is 16.2 Å². The van der Waals surface area contributed by atoms with Crippen LogP contribution in [0.3, 0.4) is 0 Å². The summed E-state index contributed by atoms with van der Waals surface area (Å²) < 4.78 is 1.76. The van der Waals surface area contributed by atoms with Gasteiger partial charge in [0.2, 0.25) is 5.91 Å². The fraction of sp³-hybridized carbons (Fsp3) is 0.176. The monoisotopic (exact) mass is 357 g/mol. The summed E-state index contributed by atoms with van der Waals surface area (Å²) in [6, 6.07) is 10.1. The van der Waals surface area contributed by atoms with E-state index in [2.05, 4.69) is 20.9 Å². The Balaban J connectivity index is 1.83. The number of aromatic nitrogens is 3. The molecule has 7 nitrogen and oxygen atoms in total. The van der Waals surface area contributed by atoms with Crippen molar-refractivity contribution in [1.29, 1.82) is 0 Å². The highest BCUT2D eigenvalue weighted by molar-refractivity contribution is 6.33. The molecule has 1 heterocycles. The topological polar surface area (TPSA) is 88.9 Å². The van der Waals surface area contributed by atoms with Crippen LogP contribution in [0.1, 0.15) is 24.2 Å². The Morgan fingerprint density at radius 3 is 2.68 bits per heavy atom. The van der Waals surface area contributed by atoms with Gasteiger partial charge in [0.25, 0.3) is 5.91 Å². The van der Waals surface area contributed by atoms with Gasteiger partial charge in [0, 0.05) is 24.7 Å². The van der Waals surface area contributed by atoms with Crippen molar-refractivity contribution in [3.63, 3.8) is 0 Å². The quantitative estimate of drug-likeness (QED) is 0.749. The maximum Gasteiger partial charge on any atom is 0.255 e. The van der Waals surface area contributed by atoms with E-state index in [0.717, 1.165) is 5.52 Å². The second-order valence-corrected chi connectivity index (χ2v) is 5.85. The smallest absolute Gasteiger partial charge is 0.255 e. The van der Waals surface area contributed by atoms with E-state index in [1.165, 1.54) is 6.92 Å². The van der Waals surface area contributed by atoms with Crippen molar-refractivity contribution >= 4 is 45.8 Å². The van der Waals surface area contributed by atoms with Crippen LogP contribution in [0.4, 0.5) is 11.4 Å². The number of nitrogens with one attached hydrogen (secondary N) is 2. The van der Waals surface area contributed by atoms with E-state index in [4.69, 9.17) is 11.6 Å². The maximum atomic E-state index is 12.5. The Kier molecular flexibility index (Phi) is 4.67. The highest BCUT2D eigenvalue weighted by Gasteiger charge is 2.11. The molecule has 0 radical (unpaired) electrons. The maximum absolute atomic E-state index is 12.5. The van der Waals surface area contributed by atoms with Gasteiger partial charge in [-0.05, 0) is 43.3 Å². The minimum absolute atomic E-state index is 0.241. The van der Waals surface area contributed by atoms with Crippen LogP contribution in [0.25, 0.3) is 11.0 Å². The van der Waals surface area contributed by atoms with Gasteiger partial charge in [-0.1, -0.05) is 16.8 Å². The normalized spacial score (nSPS) is 10.7. The fourth-order valence-corrected chi connectivity index (χ4v) is 2.60. The van der Waals surface area contributed by atoms with E-state index < -0.39 is 0 Å². The van der Waals surface area contributed by atoms with Gasteiger partial charge in [0.1, 0.15) is 5.52 Å². The minimum atomic E-state index is -0.288. The van der Waals surface area contributed by atoms with Crippen molar-refractivity contribution in [3.05, 3.63) is 47.0 Å². The molecule has 0 unspecified atom stereocenters. The molecule has 0 saturated heterocycles. The lowest BCUT2D eigenvalue weighted by Crippen LogP contribution is -2.13. The Morgan fingerprint density at radius 1 is 1.16 bits per heavy atom. The lowest BCUT2D eigenvalue weighted by atomic mass is 10.1. The first kappa shape index (κ1) is 16.9. The lowest BCUT2D eigenvalue weighted by Gasteiger charge is -2.09. The number of nitrogens with zero attached hydrogens (tertiary/aromatic N) is 3. The summed E-state index contributed by atoms with van der Waals surface area (Å²) in [5.41, 5.74) is 2.96. The molecular formula is C17H16ClN5O2. The third-order valence-corrected chi connectivity index (χ3v) is 3.94. The average Bonchev–Trinajstić information content (AvgIpc) is 2.99. The first-order valence-electron chi connectivity index (χ1n) is 7.69. The molecule has 0 atom stereocenters. The van der Waals surface area contributed by atoms with Crippen molar-refractivity contribution in [2.24, 2.45) is 0 Å². The number of fused-ring (bicyclic) bond motifs is 1. The summed E-state index contributed by atoms with van der Waals surface area (Å²) in [6.07, 6.45) is 0. The number of carbonyl (C=O) groups excluding carboxylic acids is 2. The van der Waals surface area contributed by atoms with E-state index in [-0.39, 0.29) is 11.8 Å². The lowest BCUT2D eigenvalue weighted by molar-refractivity contribution is -0.114. The number of carbonyl (C=O) groups is 2. The minimum Gasteiger partial charge on any atom is -0.325 e. The second-order valence-electron chi connectivity index (χ2n) is 5.44. The molecule has 128 valence electrons. The summed E-state index contributed by atoms with van der Waals surface area (Å²) in [7, 11) is 0. The van der Waals surface area contributed by atoms with Gasteiger partial charge >= 0.3 is 0 Å². The zero-order valence-corrected chi connectivity index (χ0v) is 14.5. The van der Waals surface area contributed by atoms with Crippen LogP contribution in [0.2, 0.25) is 5.02 Å². The molecule has 25 heavy (non-hydrogen) atoms. The van der Waals surface area contributed by atoms with Crippen molar-refractivity contribution in [2.45, 2.75) is 20.4 Å². The van der Waals surface area contributed by atoms with Gasteiger partial charge in [-0.15, -0.1) is 5.10 Å². The molecule has 3 aromatic rings. The number of rotatable bonds is 4. The standard InChI is InChI=1S/C17H16ClN5O2/c1-3-23-16-7-4-11(8-15(16)21-22-23)17(25)20-12-5-6-13(18)14(9-12)19-10(2)24/h4-9H,3H2,1-2H3,(H,19,24)(H,20,25). The zero-order valence-electron chi connectivity index (χ0n) is 13.7. The van der Waals surface area contributed by atoms with Crippen molar-refractivity contribution in [3.8, 4) is 0 Å². The van der Waals surface area contributed by atoms with Crippen molar-refractivity contribution in [2.75, 3.05) is 10.6 Å². The van der Waals surface area contributed by atoms with E-state index in [1.54, 1.807) is 35.0 Å². The number of hydrogen-bond acceptors (Lipinski definition) is 4. The van der Waals surface area contributed by atoms with Crippen molar-refractivity contribution in [1.82, 2.24) is 15.0 Å². The molecule has 2 N–H and O–H groups in total. The summed E-state index contributed by atoms with van der Waals surface area (Å²) in [4.78, 5) is 23.7. The van der Waals surface area contributed by atoms with Crippen LogP contribution < -0.4 is 10.6 Å². The Morgan fingerprint density at radius 2 is 1.96 bits per heavy atom. The molecule has 1 aromatic heterocycles. The van der Waals surface area contributed by atoms with Gasteiger partial charge in [-0.2, -0.15) is 0 Å². The molecular weight excluding hydrogens is 342 g/mol. The second kappa shape index (κ2) is 6.90. The molecule has 0 aliphatic rings. The van der Waals surface area contributed by atoms with Crippen LogP contribution in [0, 0.1) is 0 Å². The van der Waals surface area contributed by atoms with E-state index >= 15 is 0 Å². The molecule has 0 aliphatic heterocycles. The van der Waals surface area contributed by atoms with Gasteiger partial charge < -0.3 is 10.6 Å². The zero-order chi connectivity index (χ0) is 18.0. The number of aryl methyl sites for hydroxylation is 1. The summed E-state index contributed by atoms with van der Waals surface area (Å²) in [5, 5.41) is 13.9. The average molecular weight is 358 g/mol. The fourth-order valence-electron chi connectivity index (χ4n) is 2.44. The van der Waals surface area contributed by atoms with E-state index in [9.17, 15) is 9.59 Å². The predicted octanol–water partition coefficient (Wildman–Crippen LogP) is 3.32. The third-order valence-electron chi connectivity index (χ3n) is 3.61. The highest BCUT2D eigenvalue weighted by Crippen LogP contribution is 2.26. The predicted molar refractivity (Wildman–Crippen MR) is 96.9 cm³/mol. The number of amides is 2. The summed E-state index contributed by atoms with van der Waals surface area (Å²) >= 11 is 6.03. The summed E-state index contributed by atoms with van der Waals surface area (Å²) in [6.45, 7) is 4.07. The van der Waals surface area contributed by atoms with Crippen molar-refractivity contribution < 1.29 is 9.59 Å². The van der Waals surface area contributed by atoms with E-state index in [0.29, 0.717) is 34.0 Å². The van der Waals surface area contributed by atoms with E-state index in [1.807, 2.05) is 13.0 Å². The number of anilines is 2. The number of halogens is 1. The summed E-state index contributed by atoms with van der Waals surface area (Å²) in [5.74, 6) is -0.529. The largest absolute Gasteiger partial charge is 0.325 e. The number of hydrogen-bond donors (Lipinski definition) is 2. The van der Waals surface area contributed by atoms with Gasteiger partial charge in [-0.3, -0.25) is 9.59 Å². The molecule has 8 heteroatoms.